The summed E-state index contributed by atoms with van der Waals surface area (Å²) in [5.74, 6) is -0.210. The molecule has 0 saturated heterocycles. The van der Waals surface area contributed by atoms with Gasteiger partial charge in [-0.1, -0.05) is 12.1 Å². The second kappa shape index (κ2) is 3.87. The standard InChI is InChI=1S/C12H12FNO/c1-8-6-9(2-3-11(8)13)12(14)10-4-5-15-7-10/h2-7,12H,14H2,1H3. The lowest BCUT2D eigenvalue weighted by molar-refractivity contribution is 0.562. The van der Waals surface area contributed by atoms with Gasteiger partial charge in [-0.25, -0.2) is 4.39 Å². The number of benzene rings is 1. The highest BCUT2D eigenvalue weighted by Crippen LogP contribution is 2.21. The minimum absolute atomic E-state index is 0.210. The van der Waals surface area contributed by atoms with Crippen molar-refractivity contribution in [1.29, 1.82) is 0 Å². The SMILES string of the molecule is Cc1cc(C(N)c2ccoc2)ccc1F. The molecule has 0 radical (unpaired) electrons. The molecule has 1 aromatic carbocycles. The van der Waals surface area contributed by atoms with Gasteiger partial charge in [0.1, 0.15) is 5.82 Å². The summed E-state index contributed by atoms with van der Waals surface area (Å²) in [5.41, 5.74) is 8.37. The summed E-state index contributed by atoms with van der Waals surface area (Å²) in [7, 11) is 0. The minimum Gasteiger partial charge on any atom is -0.472 e. The molecule has 1 aromatic heterocycles. The lowest BCUT2D eigenvalue weighted by Crippen LogP contribution is -2.11. The highest BCUT2D eigenvalue weighted by atomic mass is 19.1. The van der Waals surface area contributed by atoms with Gasteiger partial charge in [0.15, 0.2) is 0 Å². The van der Waals surface area contributed by atoms with Crippen LogP contribution in [-0.4, -0.2) is 0 Å². The smallest absolute Gasteiger partial charge is 0.126 e. The molecule has 2 N–H and O–H groups in total. The Morgan fingerprint density at radius 2 is 2.07 bits per heavy atom. The van der Waals surface area contributed by atoms with E-state index >= 15 is 0 Å². The van der Waals surface area contributed by atoms with Crippen LogP contribution in [0.4, 0.5) is 4.39 Å². The van der Waals surface area contributed by atoms with Crippen LogP contribution in [0.2, 0.25) is 0 Å². The highest BCUT2D eigenvalue weighted by Gasteiger charge is 2.10. The maximum atomic E-state index is 13.0. The van der Waals surface area contributed by atoms with Crippen LogP contribution >= 0.6 is 0 Å². The van der Waals surface area contributed by atoms with Crippen molar-refractivity contribution in [1.82, 2.24) is 0 Å². The van der Waals surface area contributed by atoms with Gasteiger partial charge in [-0.15, -0.1) is 0 Å². The predicted molar refractivity (Wildman–Crippen MR) is 55.9 cm³/mol. The second-order valence-corrected chi connectivity index (χ2v) is 3.54. The van der Waals surface area contributed by atoms with E-state index in [4.69, 9.17) is 10.2 Å². The molecular formula is C12H12FNO. The summed E-state index contributed by atoms with van der Waals surface area (Å²) in [6, 6.07) is 6.43. The molecule has 0 aliphatic rings. The Bertz CT molecular complexity index is 451. The topological polar surface area (TPSA) is 39.2 Å². The van der Waals surface area contributed by atoms with E-state index in [1.165, 1.54) is 6.07 Å². The molecule has 2 rings (SSSR count). The van der Waals surface area contributed by atoms with Gasteiger partial charge >= 0.3 is 0 Å². The van der Waals surface area contributed by atoms with Crippen molar-refractivity contribution in [3.63, 3.8) is 0 Å². The fraction of sp³-hybridized carbons (Fsp3) is 0.167. The molecule has 0 saturated carbocycles. The fourth-order valence-corrected chi connectivity index (χ4v) is 1.51. The van der Waals surface area contributed by atoms with E-state index in [1.807, 2.05) is 6.07 Å². The van der Waals surface area contributed by atoms with E-state index in [-0.39, 0.29) is 11.9 Å². The monoisotopic (exact) mass is 205 g/mol. The van der Waals surface area contributed by atoms with Crippen LogP contribution in [-0.2, 0) is 0 Å². The summed E-state index contributed by atoms with van der Waals surface area (Å²) in [6.07, 6.45) is 3.18. The van der Waals surface area contributed by atoms with Crippen molar-refractivity contribution in [2.24, 2.45) is 5.73 Å². The number of halogens is 1. The fourth-order valence-electron chi connectivity index (χ4n) is 1.51. The maximum absolute atomic E-state index is 13.0. The van der Waals surface area contributed by atoms with Crippen molar-refractivity contribution >= 4 is 0 Å². The Hall–Kier alpha value is -1.61. The maximum Gasteiger partial charge on any atom is 0.126 e. The molecule has 1 unspecified atom stereocenters. The van der Waals surface area contributed by atoms with Gasteiger partial charge in [0.2, 0.25) is 0 Å². The lowest BCUT2D eigenvalue weighted by atomic mass is 10.0. The molecule has 0 fully saturated rings. The Morgan fingerprint density at radius 3 is 2.67 bits per heavy atom. The van der Waals surface area contributed by atoms with Crippen molar-refractivity contribution < 1.29 is 8.81 Å². The van der Waals surface area contributed by atoms with Gasteiger partial charge in [-0.2, -0.15) is 0 Å². The zero-order valence-electron chi connectivity index (χ0n) is 8.41. The molecule has 0 aliphatic carbocycles. The molecule has 2 nitrogen and oxygen atoms in total. The van der Waals surface area contributed by atoms with Crippen molar-refractivity contribution in [3.8, 4) is 0 Å². The molecule has 15 heavy (non-hydrogen) atoms. The van der Waals surface area contributed by atoms with Gasteiger partial charge < -0.3 is 10.2 Å². The lowest BCUT2D eigenvalue weighted by Gasteiger charge is -2.10. The third-order valence-corrected chi connectivity index (χ3v) is 2.44. The molecule has 0 aliphatic heterocycles. The van der Waals surface area contributed by atoms with Crippen LogP contribution < -0.4 is 5.73 Å². The Morgan fingerprint density at radius 1 is 1.27 bits per heavy atom. The minimum atomic E-state index is -0.261. The Kier molecular flexibility index (Phi) is 2.56. The number of hydrogen-bond donors (Lipinski definition) is 1. The first-order valence-electron chi connectivity index (χ1n) is 4.72. The van der Waals surface area contributed by atoms with E-state index < -0.39 is 0 Å². The molecule has 2 aromatic rings. The number of hydrogen-bond acceptors (Lipinski definition) is 2. The normalized spacial score (nSPS) is 12.7. The number of rotatable bonds is 2. The molecule has 3 heteroatoms. The van der Waals surface area contributed by atoms with Crippen molar-refractivity contribution in [3.05, 3.63) is 59.3 Å². The average molecular weight is 205 g/mol. The van der Waals surface area contributed by atoms with Crippen LogP contribution in [0.15, 0.2) is 41.2 Å². The van der Waals surface area contributed by atoms with E-state index in [2.05, 4.69) is 0 Å². The van der Waals surface area contributed by atoms with E-state index in [1.54, 1.807) is 31.6 Å². The molecule has 78 valence electrons. The van der Waals surface area contributed by atoms with Gasteiger partial charge in [-0.3, -0.25) is 0 Å². The Labute approximate surface area is 87.5 Å². The first-order chi connectivity index (χ1) is 7.18. The van der Waals surface area contributed by atoms with Gasteiger partial charge in [0.05, 0.1) is 18.6 Å². The van der Waals surface area contributed by atoms with Gasteiger partial charge in [-0.05, 0) is 30.2 Å². The van der Waals surface area contributed by atoms with E-state index in [0.717, 1.165) is 11.1 Å². The number of nitrogens with two attached hydrogens (primary N) is 1. The third-order valence-electron chi connectivity index (χ3n) is 2.44. The summed E-state index contributed by atoms with van der Waals surface area (Å²) in [4.78, 5) is 0. The molecule has 0 amide bonds. The van der Waals surface area contributed by atoms with Crippen molar-refractivity contribution in [2.75, 3.05) is 0 Å². The molecule has 1 heterocycles. The van der Waals surface area contributed by atoms with Gasteiger partial charge in [0, 0.05) is 5.56 Å². The average Bonchev–Trinajstić information content (AvgIpc) is 2.74. The molecule has 1 atom stereocenters. The second-order valence-electron chi connectivity index (χ2n) is 3.54. The zero-order chi connectivity index (χ0) is 10.8. The van der Waals surface area contributed by atoms with Crippen molar-refractivity contribution in [2.45, 2.75) is 13.0 Å². The predicted octanol–water partition coefficient (Wildman–Crippen LogP) is 2.78. The summed E-state index contributed by atoms with van der Waals surface area (Å²) in [6.45, 7) is 1.72. The third kappa shape index (κ3) is 1.92. The van der Waals surface area contributed by atoms with Gasteiger partial charge in [0.25, 0.3) is 0 Å². The van der Waals surface area contributed by atoms with Crippen LogP contribution in [0.1, 0.15) is 22.7 Å². The van der Waals surface area contributed by atoms with Crippen LogP contribution in [0.5, 0.6) is 0 Å². The summed E-state index contributed by atoms with van der Waals surface area (Å²) >= 11 is 0. The zero-order valence-corrected chi connectivity index (χ0v) is 8.41. The summed E-state index contributed by atoms with van der Waals surface area (Å²) in [5, 5.41) is 0. The largest absolute Gasteiger partial charge is 0.472 e. The van der Waals surface area contributed by atoms with Crippen LogP contribution in [0.25, 0.3) is 0 Å². The molecular weight excluding hydrogens is 193 g/mol. The van der Waals surface area contributed by atoms with E-state index in [0.29, 0.717) is 5.56 Å². The molecule has 0 bridgehead atoms. The summed E-state index contributed by atoms with van der Waals surface area (Å²) < 4.78 is 18.0. The Balaban J connectivity index is 2.34. The first-order valence-corrected chi connectivity index (χ1v) is 4.72. The van der Waals surface area contributed by atoms with Crippen LogP contribution in [0.3, 0.4) is 0 Å². The molecule has 0 spiro atoms. The first kappa shape index (κ1) is 9.93. The van der Waals surface area contributed by atoms with Crippen LogP contribution in [0, 0.1) is 12.7 Å². The van der Waals surface area contributed by atoms with E-state index in [9.17, 15) is 4.39 Å². The quantitative estimate of drug-likeness (QED) is 0.818. The highest BCUT2D eigenvalue weighted by molar-refractivity contribution is 5.32. The number of furan rings is 1. The number of aryl methyl sites for hydroxylation is 1.